The summed E-state index contributed by atoms with van der Waals surface area (Å²) < 4.78 is 0. The lowest BCUT2D eigenvalue weighted by molar-refractivity contribution is -0.143. The van der Waals surface area contributed by atoms with Crippen LogP contribution in [0.1, 0.15) is 29.8 Å². The smallest absolute Gasteiger partial charge is 0.326 e. The number of anilines is 1. The van der Waals surface area contributed by atoms with Gasteiger partial charge >= 0.3 is 11.9 Å². The van der Waals surface area contributed by atoms with Gasteiger partial charge in [0, 0.05) is 18.7 Å². The molecule has 10 heteroatoms. The van der Waals surface area contributed by atoms with E-state index in [0.29, 0.717) is 35.4 Å². The zero-order valence-electron chi connectivity index (χ0n) is 19.7. The third-order valence-electron chi connectivity index (χ3n) is 5.49. The Hall–Kier alpha value is -4.65. The standard InChI is InChI=1S/C26H26N4O6/c1-3-12-30(15-18-6-9-21-20(13-18)25(34)28-16(2)27-21)19-7-4-17(5-8-19)14-23(31)29-22(26(35)36)10-11-24(32)33/h1,4-9,13,22H,10-12,14-15H2,2H3,(H,29,31)(H,32,33)(H,35,36)(H,27,28,34)/t22-/m0/s1. The summed E-state index contributed by atoms with van der Waals surface area (Å²) in [6.45, 7) is 2.47. The maximum absolute atomic E-state index is 12.3. The highest BCUT2D eigenvalue weighted by Gasteiger charge is 2.21. The van der Waals surface area contributed by atoms with Crippen LogP contribution in [-0.4, -0.2) is 50.6 Å². The summed E-state index contributed by atoms with van der Waals surface area (Å²) in [6, 6.07) is 11.3. The number of fused-ring (bicyclic) bond motifs is 1. The van der Waals surface area contributed by atoms with Crippen LogP contribution in [0.4, 0.5) is 5.69 Å². The number of aromatic nitrogens is 2. The molecule has 0 aliphatic carbocycles. The second-order valence-corrected chi connectivity index (χ2v) is 8.30. The minimum absolute atomic E-state index is 0.0634. The number of hydrogen-bond donors (Lipinski definition) is 4. The first kappa shape index (κ1) is 26.0. The molecule has 0 fully saturated rings. The molecular weight excluding hydrogens is 464 g/mol. The van der Waals surface area contributed by atoms with E-state index >= 15 is 0 Å². The molecule has 4 N–H and O–H groups in total. The lowest BCUT2D eigenvalue weighted by atomic mass is 10.1. The second kappa shape index (κ2) is 11.7. The number of hydrogen-bond acceptors (Lipinski definition) is 6. The van der Waals surface area contributed by atoms with E-state index in [1.54, 1.807) is 43.3 Å². The van der Waals surface area contributed by atoms with Crippen molar-refractivity contribution < 1.29 is 24.6 Å². The second-order valence-electron chi connectivity index (χ2n) is 8.30. The number of carbonyl (C=O) groups excluding carboxylic acids is 1. The Morgan fingerprint density at radius 3 is 2.47 bits per heavy atom. The minimum Gasteiger partial charge on any atom is -0.481 e. The number of H-pyrrole nitrogens is 1. The number of carboxylic acids is 2. The van der Waals surface area contributed by atoms with Crippen LogP contribution in [0.25, 0.3) is 10.9 Å². The van der Waals surface area contributed by atoms with Crippen LogP contribution in [0, 0.1) is 19.3 Å². The molecule has 0 unspecified atom stereocenters. The molecule has 0 bridgehead atoms. The number of terminal acetylenes is 1. The van der Waals surface area contributed by atoms with Gasteiger partial charge in [0.25, 0.3) is 5.56 Å². The van der Waals surface area contributed by atoms with Gasteiger partial charge in [-0.05, 0) is 48.7 Å². The summed E-state index contributed by atoms with van der Waals surface area (Å²) in [4.78, 5) is 55.5. The highest BCUT2D eigenvalue weighted by molar-refractivity contribution is 5.85. The number of aromatic amines is 1. The van der Waals surface area contributed by atoms with Crippen molar-refractivity contribution in [2.24, 2.45) is 0 Å². The Balaban J connectivity index is 1.69. The van der Waals surface area contributed by atoms with Gasteiger partial charge in [-0.1, -0.05) is 24.1 Å². The Labute approximate surface area is 207 Å². The van der Waals surface area contributed by atoms with Gasteiger partial charge in [-0.25, -0.2) is 9.78 Å². The van der Waals surface area contributed by atoms with Crippen molar-refractivity contribution in [1.29, 1.82) is 0 Å². The van der Waals surface area contributed by atoms with E-state index in [0.717, 1.165) is 11.3 Å². The Bertz CT molecular complexity index is 1370. The minimum atomic E-state index is -1.29. The van der Waals surface area contributed by atoms with Crippen LogP contribution >= 0.6 is 0 Å². The fourth-order valence-electron chi connectivity index (χ4n) is 3.75. The van der Waals surface area contributed by atoms with E-state index in [2.05, 4.69) is 21.2 Å². The number of aliphatic carboxylic acids is 2. The predicted molar refractivity (Wildman–Crippen MR) is 134 cm³/mol. The maximum Gasteiger partial charge on any atom is 0.326 e. The number of carbonyl (C=O) groups is 3. The molecule has 1 atom stereocenters. The van der Waals surface area contributed by atoms with E-state index in [9.17, 15) is 24.3 Å². The normalized spacial score (nSPS) is 11.4. The summed E-state index contributed by atoms with van der Waals surface area (Å²) in [5, 5.41) is 20.8. The SMILES string of the molecule is C#CCN(Cc1ccc2nc(C)[nH]c(=O)c2c1)c1ccc(CC(=O)N[C@@H](CCC(=O)O)C(=O)O)cc1. The van der Waals surface area contributed by atoms with Crippen molar-refractivity contribution in [3.63, 3.8) is 0 Å². The number of aryl methyl sites for hydroxylation is 1. The quantitative estimate of drug-likeness (QED) is 0.297. The summed E-state index contributed by atoms with van der Waals surface area (Å²) >= 11 is 0. The molecule has 0 aliphatic heterocycles. The molecule has 3 aromatic rings. The third kappa shape index (κ3) is 6.93. The number of nitrogens with one attached hydrogen (secondary N) is 2. The van der Waals surface area contributed by atoms with Gasteiger partial charge in [0.05, 0.1) is 23.9 Å². The Kier molecular flexibility index (Phi) is 8.41. The molecule has 186 valence electrons. The molecule has 1 amide bonds. The molecule has 3 rings (SSSR count). The Morgan fingerprint density at radius 2 is 1.83 bits per heavy atom. The van der Waals surface area contributed by atoms with Crippen molar-refractivity contribution in [2.75, 3.05) is 11.4 Å². The molecule has 1 heterocycles. The third-order valence-corrected chi connectivity index (χ3v) is 5.49. The number of carboxylic acid groups (broad SMARTS) is 2. The maximum atomic E-state index is 12.3. The van der Waals surface area contributed by atoms with E-state index < -0.39 is 23.9 Å². The zero-order chi connectivity index (χ0) is 26.2. The van der Waals surface area contributed by atoms with Crippen molar-refractivity contribution in [2.45, 2.75) is 38.8 Å². The van der Waals surface area contributed by atoms with Crippen LogP contribution in [0.3, 0.4) is 0 Å². The summed E-state index contributed by atoms with van der Waals surface area (Å²) in [6.07, 6.45) is 4.94. The molecule has 0 saturated heterocycles. The van der Waals surface area contributed by atoms with Crippen LogP contribution in [0.5, 0.6) is 0 Å². The van der Waals surface area contributed by atoms with Crippen LogP contribution in [0.2, 0.25) is 0 Å². The fraction of sp³-hybridized carbons (Fsp3) is 0.269. The summed E-state index contributed by atoms with van der Waals surface area (Å²) in [5.74, 6) is 0.227. The van der Waals surface area contributed by atoms with Crippen molar-refractivity contribution in [1.82, 2.24) is 15.3 Å². The number of amides is 1. The zero-order valence-corrected chi connectivity index (χ0v) is 19.7. The van der Waals surface area contributed by atoms with Gasteiger partial charge in [0.2, 0.25) is 5.91 Å². The molecule has 36 heavy (non-hydrogen) atoms. The molecule has 0 aliphatic rings. The fourth-order valence-corrected chi connectivity index (χ4v) is 3.75. The van der Waals surface area contributed by atoms with Crippen LogP contribution in [0.15, 0.2) is 47.3 Å². The van der Waals surface area contributed by atoms with Crippen molar-refractivity contribution in [3.05, 3.63) is 69.8 Å². The monoisotopic (exact) mass is 490 g/mol. The largest absolute Gasteiger partial charge is 0.481 e. The molecule has 0 spiro atoms. The van der Waals surface area contributed by atoms with Crippen LogP contribution < -0.4 is 15.8 Å². The van der Waals surface area contributed by atoms with E-state index in [1.165, 1.54) is 0 Å². The lowest BCUT2D eigenvalue weighted by Gasteiger charge is -2.23. The average Bonchev–Trinajstić information content (AvgIpc) is 2.82. The average molecular weight is 491 g/mol. The van der Waals surface area contributed by atoms with E-state index in [4.69, 9.17) is 11.5 Å². The first-order chi connectivity index (χ1) is 17.2. The van der Waals surface area contributed by atoms with Gasteiger partial charge in [0.1, 0.15) is 11.9 Å². The highest BCUT2D eigenvalue weighted by Crippen LogP contribution is 2.20. The van der Waals surface area contributed by atoms with Crippen LogP contribution in [-0.2, 0) is 27.3 Å². The predicted octanol–water partition coefficient (Wildman–Crippen LogP) is 1.85. The van der Waals surface area contributed by atoms with Gasteiger partial charge in [-0.3, -0.25) is 14.4 Å². The highest BCUT2D eigenvalue weighted by atomic mass is 16.4. The molecule has 10 nitrogen and oxygen atoms in total. The molecule has 1 aromatic heterocycles. The number of benzene rings is 2. The summed E-state index contributed by atoms with van der Waals surface area (Å²) in [7, 11) is 0. The lowest BCUT2D eigenvalue weighted by Crippen LogP contribution is -2.41. The Morgan fingerprint density at radius 1 is 1.14 bits per heavy atom. The molecule has 0 saturated carbocycles. The van der Waals surface area contributed by atoms with Gasteiger partial charge in [-0.15, -0.1) is 6.42 Å². The topological polar surface area (TPSA) is 153 Å². The van der Waals surface area contributed by atoms with E-state index in [-0.39, 0.29) is 24.8 Å². The molecular formula is C26H26N4O6. The van der Waals surface area contributed by atoms with Gasteiger partial charge in [0.15, 0.2) is 0 Å². The molecule has 2 aromatic carbocycles. The van der Waals surface area contributed by atoms with E-state index in [1.807, 2.05) is 11.0 Å². The van der Waals surface area contributed by atoms with Crippen molar-refractivity contribution >= 4 is 34.4 Å². The first-order valence-corrected chi connectivity index (χ1v) is 11.2. The van der Waals surface area contributed by atoms with Gasteiger partial charge < -0.3 is 25.4 Å². The molecule has 0 radical (unpaired) electrons. The van der Waals surface area contributed by atoms with Gasteiger partial charge in [-0.2, -0.15) is 0 Å². The summed E-state index contributed by atoms with van der Waals surface area (Å²) in [5.41, 5.74) is 2.73. The van der Waals surface area contributed by atoms with Crippen molar-refractivity contribution in [3.8, 4) is 12.3 Å². The number of rotatable bonds is 11. The first-order valence-electron chi connectivity index (χ1n) is 11.2. The number of nitrogens with zero attached hydrogens (tertiary/aromatic N) is 2.